The molecule has 3 rings (SSSR count). The summed E-state index contributed by atoms with van der Waals surface area (Å²) in [6.45, 7) is 3.44. The fourth-order valence-electron chi connectivity index (χ4n) is 3.31. The average molecular weight is 308 g/mol. The highest BCUT2D eigenvalue weighted by Gasteiger charge is 2.32. The molecule has 0 aromatic heterocycles. The van der Waals surface area contributed by atoms with Crippen molar-refractivity contribution in [2.75, 3.05) is 23.8 Å². The predicted molar refractivity (Wildman–Crippen MR) is 93.2 cm³/mol. The van der Waals surface area contributed by atoms with Gasteiger partial charge in [0.1, 0.15) is 0 Å². The van der Waals surface area contributed by atoms with Gasteiger partial charge in [0.2, 0.25) is 0 Å². The summed E-state index contributed by atoms with van der Waals surface area (Å²) in [7, 11) is 0. The zero-order chi connectivity index (χ0) is 13.8. The first kappa shape index (κ1) is 14.8. The topological polar surface area (TPSA) is 12.0 Å². The molecule has 1 N–H and O–H groups in total. The lowest BCUT2D eigenvalue weighted by molar-refractivity contribution is 0.416. The number of hydrogen-bond acceptors (Lipinski definition) is 3. The SMILES string of the molecule is CCCNC(CC1Cc2ccccc21)C1CSCCS1. The molecular weight excluding hydrogens is 282 g/mol. The van der Waals surface area contributed by atoms with Crippen molar-refractivity contribution in [1.29, 1.82) is 0 Å². The first-order valence-electron chi connectivity index (χ1n) is 7.89. The number of hydrogen-bond donors (Lipinski definition) is 1. The molecule has 1 aliphatic heterocycles. The van der Waals surface area contributed by atoms with E-state index in [1.54, 1.807) is 11.1 Å². The summed E-state index contributed by atoms with van der Waals surface area (Å²) in [5.74, 6) is 4.81. The number of benzene rings is 1. The molecule has 1 fully saturated rings. The Morgan fingerprint density at radius 1 is 1.30 bits per heavy atom. The molecular formula is C17H25NS2. The molecule has 1 aliphatic carbocycles. The van der Waals surface area contributed by atoms with E-state index >= 15 is 0 Å². The Morgan fingerprint density at radius 2 is 2.20 bits per heavy atom. The van der Waals surface area contributed by atoms with Gasteiger partial charge in [0.05, 0.1) is 0 Å². The Kier molecular flexibility index (Phi) is 5.36. The summed E-state index contributed by atoms with van der Waals surface area (Å²) in [5.41, 5.74) is 3.20. The molecule has 1 nitrogen and oxygen atoms in total. The first-order valence-corrected chi connectivity index (χ1v) is 10.1. The highest BCUT2D eigenvalue weighted by atomic mass is 32.2. The van der Waals surface area contributed by atoms with E-state index in [0.29, 0.717) is 6.04 Å². The summed E-state index contributed by atoms with van der Waals surface area (Å²) in [6, 6.07) is 9.71. The molecule has 110 valence electrons. The van der Waals surface area contributed by atoms with Crippen LogP contribution in [-0.4, -0.2) is 35.1 Å². The van der Waals surface area contributed by atoms with E-state index in [4.69, 9.17) is 0 Å². The van der Waals surface area contributed by atoms with Gasteiger partial charge in [-0.05, 0) is 42.9 Å². The monoisotopic (exact) mass is 307 g/mol. The molecule has 0 bridgehead atoms. The lowest BCUT2D eigenvalue weighted by Gasteiger charge is -2.37. The molecule has 0 radical (unpaired) electrons. The quantitative estimate of drug-likeness (QED) is 0.855. The van der Waals surface area contributed by atoms with Crippen LogP contribution in [0.15, 0.2) is 24.3 Å². The highest BCUT2D eigenvalue weighted by Crippen LogP contribution is 2.40. The van der Waals surface area contributed by atoms with Crippen molar-refractivity contribution in [3.63, 3.8) is 0 Å². The molecule has 3 heteroatoms. The van der Waals surface area contributed by atoms with Crippen LogP contribution in [0.25, 0.3) is 0 Å². The van der Waals surface area contributed by atoms with Crippen molar-refractivity contribution in [2.45, 2.75) is 43.4 Å². The van der Waals surface area contributed by atoms with Gasteiger partial charge in [0.25, 0.3) is 0 Å². The van der Waals surface area contributed by atoms with E-state index in [1.165, 1.54) is 43.1 Å². The second-order valence-corrected chi connectivity index (χ2v) is 8.38. The normalized spacial score (nSPS) is 26.6. The maximum atomic E-state index is 3.83. The fraction of sp³-hybridized carbons (Fsp3) is 0.647. The van der Waals surface area contributed by atoms with Gasteiger partial charge in [0, 0.05) is 28.6 Å². The summed E-state index contributed by atoms with van der Waals surface area (Å²) >= 11 is 4.34. The van der Waals surface area contributed by atoms with E-state index < -0.39 is 0 Å². The zero-order valence-electron chi connectivity index (χ0n) is 12.3. The van der Waals surface area contributed by atoms with Gasteiger partial charge in [0.15, 0.2) is 0 Å². The molecule has 3 atom stereocenters. The minimum Gasteiger partial charge on any atom is -0.313 e. The van der Waals surface area contributed by atoms with Crippen molar-refractivity contribution >= 4 is 23.5 Å². The largest absolute Gasteiger partial charge is 0.313 e. The van der Waals surface area contributed by atoms with Crippen LogP contribution < -0.4 is 5.32 Å². The van der Waals surface area contributed by atoms with Crippen LogP contribution >= 0.6 is 23.5 Å². The second-order valence-electron chi connectivity index (χ2n) is 5.88. The number of thioether (sulfide) groups is 2. The Bertz CT molecular complexity index is 429. The molecule has 1 aromatic carbocycles. The summed E-state index contributed by atoms with van der Waals surface area (Å²) in [6.07, 6.45) is 3.86. The van der Waals surface area contributed by atoms with E-state index in [2.05, 4.69) is 60.0 Å². The molecule has 1 saturated heterocycles. The van der Waals surface area contributed by atoms with Gasteiger partial charge in [-0.1, -0.05) is 31.2 Å². The predicted octanol–water partition coefficient (Wildman–Crippen LogP) is 3.93. The standard InChI is InChI=1S/C17H25NS2/c1-2-7-18-16(17-12-19-8-9-20-17)11-14-10-13-5-3-4-6-15(13)14/h3-6,14,16-18H,2,7-12H2,1H3. The summed E-state index contributed by atoms with van der Waals surface area (Å²) < 4.78 is 0. The average Bonchev–Trinajstić information content (AvgIpc) is 2.49. The number of nitrogens with one attached hydrogen (secondary N) is 1. The number of fused-ring (bicyclic) bond motifs is 1. The van der Waals surface area contributed by atoms with E-state index in [1.807, 2.05) is 0 Å². The van der Waals surface area contributed by atoms with Crippen molar-refractivity contribution in [1.82, 2.24) is 5.32 Å². The van der Waals surface area contributed by atoms with E-state index in [0.717, 1.165) is 11.2 Å². The third-order valence-electron chi connectivity index (χ3n) is 4.45. The molecule has 3 unspecified atom stereocenters. The van der Waals surface area contributed by atoms with Gasteiger partial charge < -0.3 is 5.32 Å². The third-order valence-corrected chi connectivity index (χ3v) is 7.37. The Labute approximate surface area is 131 Å². The molecule has 0 saturated carbocycles. The minimum absolute atomic E-state index is 0.700. The van der Waals surface area contributed by atoms with Crippen molar-refractivity contribution in [2.24, 2.45) is 0 Å². The number of rotatable bonds is 6. The third kappa shape index (κ3) is 3.37. The first-order chi connectivity index (χ1) is 9.88. The molecule has 20 heavy (non-hydrogen) atoms. The second kappa shape index (κ2) is 7.24. The van der Waals surface area contributed by atoms with Gasteiger partial charge in [-0.3, -0.25) is 0 Å². The maximum Gasteiger partial charge on any atom is 0.0292 e. The Balaban J connectivity index is 1.61. The van der Waals surface area contributed by atoms with Crippen LogP contribution in [0.2, 0.25) is 0 Å². The maximum absolute atomic E-state index is 3.83. The van der Waals surface area contributed by atoms with Crippen LogP contribution in [0, 0.1) is 0 Å². The van der Waals surface area contributed by atoms with Crippen molar-refractivity contribution < 1.29 is 0 Å². The van der Waals surface area contributed by atoms with Gasteiger partial charge >= 0.3 is 0 Å². The fourth-order valence-corrected chi connectivity index (χ4v) is 6.22. The molecule has 2 aliphatic rings. The minimum atomic E-state index is 0.700. The van der Waals surface area contributed by atoms with Crippen molar-refractivity contribution in [3.8, 4) is 0 Å². The van der Waals surface area contributed by atoms with Crippen LogP contribution in [0.3, 0.4) is 0 Å². The molecule has 0 spiro atoms. The van der Waals surface area contributed by atoms with Crippen LogP contribution in [-0.2, 0) is 6.42 Å². The summed E-state index contributed by atoms with van der Waals surface area (Å²) in [4.78, 5) is 0. The van der Waals surface area contributed by atoms with E-state index in [9.17, 15) is 0 Å². The smallest absolute Gasteiger partial charge is 0.0292 e. The summed E-state index contributed by atoms with van der Waals surface area (Å²) in [5, 5.41) is 4.65. The van der Waals surface area contributed by atoms with Crippen LogP contribution in [0.4, 0.5) is 0 Å². The lowest BCUT2D eigenvalue weighted by atomic mass is 9.74. The van der Waals surface area contributed by atoms with Gasteiger partial charge in [-0.15, -0.1) is 0 Å². The molecule has 1 heterocycles. The zero-order valence-corrected chi connectivity index (χ0v) is 13.9. The highest BCUT2D eigenvalue weighted by molar-refractivity contribution is 8.06. The van der Waals surface area contributed by atoms with Gasteiger partial charge in [-0.2, -0.15) is 23.5 Å². The van der Waals surface area contributed by atoms with Crippen LogP contribution in [0.1, 0.15) is 36.8 Å². The Morgan fingerprint density at radius 3 is 2.95 bits per heavy atom. The van der Waals surface area contributed by atoms with E-state index in [-0.39, 0.29) is 0 Å². The van der Waals surface area contributed by atoms with Gasteiger partial charge in [-0.25, -0.2) is 0 Å². The molecule has 0 amide bonds. The molecule has 1 aromatic rings. The Hall–Kier alpha value is -0.120. The van der Waals surface area contributed by atoms with Crippen LogP contribution in [0.5, 0.6) is 0 Å². The lowest BCUT2D eigenvalue weighted by Crippen LogP contribution is -2.43. The van der Waals surface area contributed by atoms with Crippen molar-refractivity contribution in [3.05, 3.63) is 35.4 Å².